The average molecular weight is 361 g/mol. The van der Waals surface area contributed by atoms with E-state index in [-0.39, 0.29) is 23.1 Å². The number of halogens is 3. The number of nitrogens with zero attached hydrogens (tertiary/aromatic N) is 1. The number of nitro groups is 1. The molecule has 0 spiro atoms. The summed E-state index contributed by atoms with van der Waals surface area (Å²) in [5.74, 6) is 0.0517. The van der Waals surface area contributed by atoms with Gasteiger partial charge in [-0.3, -0.25) is 10.1 Å². The van der Waals surface area contributed by atoms with Crippen molar-refractivity contribution in [3.05, 3.63) is 67.4 Å². The molecule has 0 N–H and O–H groups in total. The van der Waals surface area contributed by atoms with Gasteiger partial charge in [0, 0.05) is 22.2 Å². The molecule has 0 atom stereocenters. The summed E-state index contributed by atoms with van der Waals surface area (Å²) in [5, 5.41) is 10.6. The van der Waals surface area contributed by atoms with Crippen LogP contribution in [0.4, 0.5) is 10.1 Å². The lowest BCUT2D eigenvalue weighted by Crippen LogP contribution is -1.97. The molecule has 0 aliphatic heterocycles. The second-order valence-corrected chi connectivity index (χ2v) is 5.16. The molecule has 104 valence electrons. The van der Waals surface area contributed by atoms with Gasteiger partial charge in [0.25, 0.3) is 5.69 Å². The molecule has 0 saturated heterocycles. The summed E-state index contributed by atoms with van der Waals surface area (Å²) in [4.78, 5) is 10.1. The van der Waals surface area contributed by atoms with Crippen LogP contribution in [-0.4, -0.2) is 4.92 Å². The summed E-state index contributed by atoms with van der Waals surface area (Å²) in [6.07, 6.45) is 0. The second kappa shape index (κ2) is 6.19. The van der Waals surface area contributed by atoms with E-state index in [1.807, 2.05) is 0 Å². The van der Waals surface area contributed by atoms with Crippen LogP contribution in [0.2, 0.25) is 5.02 Å². The van der Waals surface area contributed by atoms with Crippen LogP contribution in [0, 0.1) is 15.9 Å². The van der Waals surface area contributed by atoms with E-state index in [0.29, 0.717) is 10.2 Å². The zero-order valence-corrected chi connectivity index (χ0v) is 12.3. The van der Waals surface area contributed by atoms with Gasteiger partial charge in [-0.25, -0.2) is 4.39 Å². The summed E-state index contributed by atoms with van der Waals surface area (Å²) in [7, 11) is 0. The normalized spacial score (nSPS) is 10.3. The minimum atomic E-state index is -0.567. The Balaban J connectivity index is 2.11. The minimum Gasteiger partial charge on any atom is -0.489 e. The van der Waals surface area contributed by atoms with Crippen LogP contribution in [0.15, 0.2) is 40.9 Å². The zero-order valence-electron chi connectivity index (χ0n) is 9.98. The van der Waals surface area contributed by atoms with Crippen LogP contribution >= 0.6 is 27.5 Å². The maximum absolute atomic E-state index is 12.9. The monoisotopic (exact) mass is 359 g/mol. The van der Waals surface area contributed by atoms with Gasteiger partial charge in [0.2, 0.25) is 0 Å². The van der Waals surface area contributed by atoms with E-state index in [1.54, 1.807) is 6.07 Å². The Labute approximate surface area is 127 Å². The van der Waals surface area contributed by atoms with Crippen LogP contribution in [0.1, 0.15) is 5.56 Å². The summed E-state index contributed by atoms with van der Waals surface area (Å²) in [6, 6.07) is 8.36. The molecule has 7 heteroatoms. The van der Waals surface area contributed by atoms with Crippen LogP contribution in [0.5, 0.6) is 5.75 Å². The highest BCUT2D eigenvalue weighted by Gasteiger charge is 2.12. The van der Waals surface area contributed by atoms with E-state index >= 15 is 0 Å². The third-order valence-electron chi connectivity index (χ3n) is 2.53. The van der Waals surface area contributed by atoms with Crippen molar-refractivity contribution in [1.29, 1.82) is 0 Å². The van der Waals surface area contributed by atoms with Gasteiger partial charge >= 0.3 is 0 Å². The zero-order chi connectivity index (χ0) is 14.7. The maximum Gasteiger partial charge on any atom is 0.288 e. The van der Waals surface area contributed by atoms with Crippen molar-refractivity contribution in [2.45, 2.75) is 6.61 Å². The number of rotatable bonds is 4. The Morgan fingerprint density at radius 1 is 1.30 bits per heavy atom. The fraction of sp³-hybridized carbons (Fsp3) is 0.0769. The van der Waals surface area contributed by atoms with E-state index < -0.39 is 4.92 Å². The number of benzene rings is 2. The van der Waals surface area contributed by atoms with Gasteiger partial charge in [0.05, 0.1) is 4.92 Å². The Morgan fingerprint density at radius 3 is 2.65 bits per heavy atom. The summed E-state index contributed by atoms with van der Waals surface area (Å²) >= 11 is 9.01. The molecule has 20 heavy (non-hydrogen) atoms. The van der Waals surface area contributed by atoms with Gasteiger partial charge in [0.1, 0.15) is 23.2 Å². The number of hydrogen-bond donors (Lipinski definition) is 0. The van der Waals surface area contributed by atoms with Crippen LogP contribution in [0.25, 0.3) is 0 Å². The first-order valence-electron chi connectivity index (χ1n) is 5.48. The molecule has 0 aliphatic rings. The van der Waals surface area contributed by atoms with E-state index in [4.69, 9.17) is 16.3 Å². The molecule has 0 saturated carbocycles. The van der Waals surface area contributed by atoms with Gasteiger partial charge in [-0.15, -0.1) is 0 Å². The first-order valence-corrected chi connectivity index (χ1v) is 6.65. The highest BCUT2D eigenvalue weighted by atomic mass is 79.9. The van der Waals surface area contributed by atoms with Gasteiger partial charge in [-0.1, -0.05) is 33.6 Å². The topological polar surface area (TPSA) is 52.4 Å². The SMILES string of the molecule is O=[N+]([O-])c1ccc(OCc2ccc(F)cc2Br)cc1Cl. The summed E-state index contributed by atoms with van der Waals surface area (Å²) in [5.41, 5.74) is 0.572. The van der Waals surface area contributed by atoms with Crippen LogP contribution in [-0.2, 0) is 6.61 Å². The van der Waals surface area contributed by atoms with Gasteiger partial charge in [-0.2, -0.15) is 0 Å². The lowest BCUT2D eigenvalue weighted by atomic mass is 10.2. The Hall–Kier alpha value is -1.66. The van der Waals surface area contributed by atoms with E-state index in [0.717, 1.165) is 5.56 Å². The molecule has 4 nitrogen and oxygen atoms in total. The lowest BCUT2D eigenvalue weighted by Gasteiger charge is -2.08. The van der Waals surface area contributed by atoms with E-state index in [9.17, 15) is 14.5 Å². The first-order chi connectivity index (χ1) is 9.47. The molecule has 0 amide bonds. The molecule has 2 aromatic rings. The predicted octanol–water partition coefficient (Wildman–Crippen LogP) is 4.73. The number of hydrogen-bond acceptors (Lipinski definition) is 3. The smallest absolute Gasteiger partial charge is 0.288 e. The van der Waals surface area contributed by atoms with Gasteiger partial charge in [0.15, 0.2) is 0 Å². The first kappa shape index (κ1) is 14.7. The standard InChI is InChI=1S/C13H8BrClFNO3/c14-11-5-9(16)2-1-8(11)7-20-10-3-4-13(17(18)19)12(15)6-10/h1-6H,7H2. The Bertz CT molecular complexity index is 666. The molecule has 2 aromatic carbocycles. The van der Waals surface area contributed by atoms with E-state index in [1.165, 1.54) is 30.3 Å². The molecule has 0 bridgehead atoms. The van der Waals surface area contributed by atoms with Crippen LogP contribution in [0.3, 0.4) is 0 Å². The summed E-state index contributed by atoms with van der Waals surface area (Å²) < 4.78 is 19.0. The summed E-state index contributed by atoms with van der Waals surface area (Å²) in [6.45, 7) is 0.189. The third-order valence-corrected chi connectivity index (χ3v) is 3.57. The van der Waals surface area contributed by atoms with Crippen molar-refractivity contribution in [2.75, 3.05) is 0 Å². The lowest BCUT2D eigenvalue weighted by molar-refractivity contribution is -0.384. The molecule has 0 unspecified atom stereocenters. The molecule has 2 rings (SSSR count). The molecule has 0 heterocycles. The van der Waals surface area contributed by atoms with Crippen molar-refractivity contribution >= 4 is 33.2 Å². The second-order valence-electron chi connectivity index (χ2n) is 3.89. The largest absolute Gasteiger partial charge is 0.489 e. The highest BCUT2D eigenvalue weighted by Crippen LogP contribution is 2.29. The van der Waals surface area contributed by atoms with Crippen molar-refractivity contribution in [2.24, 2.45) is 0 Å². The van der Waals surface area contributed by atoms with Crippen LogP contribution < -0.4 is 4.74 Å². The highest BCUT2D eigenvalue weighted by molar-refractivity contribution is 9.10. The minimum absolute atomic E-state index is 0.00525. The average Bonchev–Trinajstić information content (AvgIpc) is 2.37. The van der Waals surface area contributed by atoms with Crippen molar-refractivity contribution < 1.29 is 14.1 Å². The Morgan fingerprint density at radius 2 is 2.05 bits per heavy atom. The molecular weight excluding hydrogens is 353 g/mol. The molecule has 0 radical (unpaired) electrons. The van der Waals surface area contributed by atoms with E-state index in [2.05, 4.69) is 15.9 Å². The third kappa shape index (κ3) is 3.46. The number of nitro benzene ring substituents is 1. The molecule has 0 fully saturated rings. The molecule has 0 aliphatic carbocycles. The fourth-order valence-electron chi connectivity index (χ4n) is 1.53. The van der Waals surface area contributed by atoms with Crippen molar-refractivity contribution in [3.8, 4) is 5.75 Å². The van der Waals surface area contributed by atoms with Gasteiger partial charge in [-0.05, 0) is 18.2 Å². The predicted molar refractivity (Wildman–Crippen MR) is 76.5 cm³/mol. The molecular formula is C13H8BrClFNO3. The Kier molecular flexibility index (Phi) is 4.57. The van der Waals surface area contributed by atoms with Gasteiger partial charge < -0.3 is 4.74 Å². The maximum atomic E-state index is 12.9. The quantitative estimate of drug-likeness (QED) is 0.585. The number of ether oxygens (including phenoxy) is 1. The van der Waals surface area contributed by atoms with Crippen molar-refractivity contribution in [3.63, 3.8) is 0 Å². The molecule has 0 aromatic heterocycles. The van der Waals surface area contributed by atoms with Crippen molar-refractivity contribution in [1.82, 2.24) is 0 Å². The fourth-order valence-corrected chi connectivity index (χ4v) is 2.23.